The molecule has 7 heteroatoms. The summed E-state index contributed by atoms with van der Waals surface area (Å²) in [6.07, 6.45) is 0.973. The molecule has 1 aliphatic rings. The standard InChI is InChI=1S/C13H17ClN2O3S/c1-13(11(17)18)4-6-16(7-5-13)12(19)15-8-9-2-3-10(14)20-9/h2-3H,4-8H2,1H3,(H,15,19)(H,17,18). The predicted molar refractivity (Wildman–Crippen MR) is 78.1 cm³/mol. The molecule has 1 fully saturated rings. The van der Waals surface area contributed by atoms with Crippen molar-refractivity contribution in [3.05, 3.63) is 21.3 Å². The van der Waals surface area contributed by atoms with Gasteiger partial charge in [-0.05, 0) is 31.9 Å². The van der Waals surface area contributed by atoms with Crippen LogP contribution in [0.25, 0.3) is 0 Å². The molecule has 0 unspecified atom stereocenters. The number of halogens is 1. The molecule has 0 saturated carbocycles. The van der Waals surface area contributed by atoms with Crippen LogP contribution in [0.5, 0.6) is 0 Å². The maximum absolute atomic E-state index is 12.0. The van der Waals surface area contributed by atoms with Gasteiger partial charge in [0.25, 0.3) is 0 Å². The van der Waals surface area contributed by atoms with Gasteiger partial charge in [0.15, 0.2) is 0 Å². The molecule has 1 aromatic heterocycles. The molecule has 2 N–H and O–H groups in total. The maximum Gasteiger partial charge on any atom is 0.317 e. The van der Waals surface area contributed by atoms with Gasteiger partial charge in [-0.3, -0.25) is 4.79 Å². The zero-order chi connectivity index (χ0) is 14.8. The molecule has 0 aliphatic carbocycles. The summed E-state index contributed by atoms with van der Waals surface area (Å²) >= 11 is 7.26. The second-order valence-corrected chi connectivity index (χ2v) is 7.02. The second kappa shape index (κ2) is 6.01. The summed E-state index contributed by atoms with van der Waals surface area (Å²) in [6.45, 7) is 3.13. The molecule has 2 amide bonds. The number of hydrogen-bond acceptors (Lipinski definition) is 3. The number of likely N-dealkylation sites (tertiary alicyclic amines) is 1. The first-order valence-corrected chi connectivity index (χ1v) is 7.60. The summed E-state index contributed by atoms with van der Waals surface area (Å²) in [5.74, 6) is -0.786. The monoisotopic (exact) mass is 316 g/mol. The number of thiophene rings is 1. The van der Waals surface area contributed by atoms with Crippen molar-refractivity contribution in [2.24, 2.45) is 5.41 Å². The van der Waals surface area contributed by atoms with Crippen molar-refractivity contribution >= 4 is 34.9 Å². The van der Waals surface area contributed by atoms with E-state index in [0.717, 1.165) is 4.88 Å². The number of carboxylic acid groups (broad SMARTS) is 1. The van der Waals surface area contributed by atoms with Crippen molar-refractivity contribution in [1.29, 1.82) is 0 Å². The number of aliphatic carboxylic acids is 1. The molecular weight excluding hydrogens is 300 g/mol. The van der Waals surface area contributed by atoms with Gasteiger partial charge in [0.1, 0.15) is 0 Å². The fraction of sp³-hybridized carbons (Fsp3) is 0.538. The zero-order valence-electron chi connectivity index (χ0n) is 11.2. The van der Waals surface area contributed by atoms with Crippen LogP contribution in [0, 0.1) is 5.41 Å². The van der Waals surface area contributed by atoms with E-state index in [2.05, 4.69) is 5.32 Å². The Bertz CT molecular complexity index is 509. The minimum atomic E-state index is -0.786. The van der Waals surface area contributed by atoms with Gasteiger partial charge < -0.3 is 15.3 Å². The summed E-state index contributed by atoms with van der Waals surface area (Å²) in [7, 11) is 0. The van der Waals surface area contributed by atoms with Crippen molar-refractivity contribution < 1.29 is 14.7 Å². The first-order chi connectivity index (χ1) is 9.40. The molecule has 110 valence electrons. The minimum Gasteiger partial charge on any atom is -0.481 e. The molecular formula is C13H17ClN2O3S. The number of carbonyl (C=O) groups is 2. The van der Waals surface area contributed by atoms with Crippen molar-refractivity contribution in [2.75, 3.05) is 13.1 Å². The number of nitrogens with zero attached hydrogens (tertiary/aromatic N) is 1. The lowest BCUT2D eigenvalue weighted by Crippen LogP contribution is -2.48. The van der Waals surface area contributed by atoms with E-state index >= 15 is 0 Å². The fourth-order valence-corrected chi connectivity index (χ4v) is 3.17. The highest BCUT2D eigenvalue weighted by atomic mass is 35.5. The van der Waals surface area contributed by atoms with E-state index in [1.54, 1.807) is 17.9 Å². The predicted octanol–water partition coefficient (Wildman–Crippen LogP) is 2.80. The van der Waals surface area contributed by atoms with Crippen LogP contribution in [-0.2, 0) is 11.3 Å². The van der Waals surface area contributed by atoms with Crippen LogP contribution >= 0.6 is 22.9 Å². The molecule has 0 aromatic carbocycles. The Hall–Kier alpha value is -1.27. The van der Waals surface area contributed by atoms with Crippen LogP contribution in [0.1, 0.15) is 24.6 Å². The highest BCUT2D eigenvalue weighted by molar-refractivity contribution is 7.16. The smallest absolute Gasteiger partial charge is 0.317 e. The van der Waals surface area contributed by atoms with Gasteiger partial charge in [-0.2, -0.15) is 0 Å². The fourth-order valence-electron chi connectivity index (χ4n) is 2.14. The number of hydrogen-bond donors (Lipinski definition) is 2. The summed E-state index contributed by atoms with van der Waals surface area (Å²) < 4.78 is 0.699. The van der Waals surface area contributed by atoms with E-state index < -0.39 is 11.4 Å². The Kier molecular flexibility index (Phi) is 4.55. The third kappa shape index (κ3) is 3.43. The van der Waals surface area contributed by atoms with Gasteiger partial charge in [-0.1, -0.05) is 11.6 Å². The molecule has 0 bridgehead atoms. The van der Waals surface area contributed by atoms with Gasteiger partial charge in [-0.15, -0.1) is 11.3 Å². The Morgan fingerprint density at radius 1 is 1.45 bits per heavy atom. The van der Waals surface area contributed by atoms with Gasteiger partial charge in [0, 0.05) is 18.0 Å². The van der Waals surface area contributed by atoms with Crippen LogP contribution in [0.15, 0.2) is 12.1 Å². The van der Waals surface area contributed by atoms with Gasteiger partial charge in [0.05, 0.1) is 16.3 Å². The van der Waals surface area contributed by atoms with Crippen LogP contribution in [0.3, 0.4) is 0 Å². The van der Waals surface area contributed by atoms with Crippen LogP contribution < -0.4 is 5.32 Å². The van der Waals surface area contributed by atoms with E-state index in [9.17, 15) is 9.59 Å². The Morgan fingerprint density at radius 2 is 2.10 bits per heavy atom. The first-order valence-electron chi connectivity index (χ1n) is 6.41. The minimum absolute atomic E-state index is 0.151. The quantitative estimate of drug-likeness (QED) is 0.901. The summed E-state index contributed by atoms with van der Waals surface area (Å²) in [5.41, 5.74) is -0.710. The molecule has 5 nitrogen and oxygen atoms in total. The van der Waals surface area contributed by atoms with E-state index in [-0.39, 0.29) is 6.03 Å². The number of carbonyl (C=O) groups excluding carboxylic acids is 1. The maximum atomic E-state index is 12.0. The number of piperidine rings is 1. The SMILES string of the molecule is CC1(C(=O)O)CCN(C(=O)NCc2ccc(Cl)s2)CC1. The van der Waals surface area contributed by atoms with E-state index in [1.807, 2.05) is 6.07 Å². The second-order valence-electron chi connectivity index (χ2n) is 5.22. The third-order valence-corrected chi connectivity index (χ3v) is 4.94. The van der Waals surface area contributed by atoms with E-state index in [4.69, 9.17) is 16.7 Å². The van der Waals surface area contributed by atoms with Crippen LogP contribution in [0.2, 0.25) is 4.34 Å². The summed E-state index contributed by atoms with van der Waals surface area (Å²) in [4.78, 5) is 25.8. The largest absolute Gasteiger partial charge is 0.481 e. The Balaban J connectivity index is 1.81. The molecule has 1 saturated heterocycles. The number of rotatable bonds is 3. The highest BCUT2D eigenvalue weighted by Gasteiger charge is 2.37. The summed E-state index contributed by atoms with van der Waals surface area (Å²) in [5, 5.41) is 12.0. The van der Waals surface area contributed by atoms with E-state index in [1.165, 1.54) is 11.3 Å². The van der Waals surface area contributed by atoms with E-state index in [0.29, 0.717) is 36.8 Å². The molecule has 0 radical (unpaired) electrons. The Labute approximate surface area is 126 Å². The molecule has 2 rings (SSSR count). The number of carboxylic acids is 1. The third-order valence-electron chi connectivity index (χ3n) is 3.71. The van der Waals surface area contributed by atoms with Gasteiger partial charge >= 0.3 is 12.0 Å². The first kappa shape index (κ1) is 15.1. The number of urea groups is 1. The van der Waals surface area contributed by atoms with Crippen molar-refractivity contribution in [2.45, 2.75) is 26.3 Å². The molecule has 0 atom stereocenters. The van der Waals surface area contributed by atoms with Crippen LogP contribution in [-0.4, -0.2) is 35.1 Å². The van der Waals surface area contributed by atoms with Crippen molar-refractivity contribution in [3.63, 3.8) is 0 Å². The average Bonchev–Trinajstić information content (AvgIpc) is 2.82. The number of nitrogens with one attached hydrogen (secondary N) is 1. The molecule has 1 aromatic rings. The molecule has 1 aliphatic heterocycles. The molecule has 20 heavy (non-hydrogen) atoms. The topological polar surface area (TPSA) is 69.6 Å². The Morgan fingerprint density at radius 3 is 2.60 bits per heavy atom. The van der Waals surface area contributed by atoms with Gasteiger partial charge in [-0.25, -0.2) is 4.79 Å². The molecule has 2 heterocycles. The van der Waals surface area contributed by atoms with Gasteiger partial charge in [0.2, 0.25) is 0 Å². The average molecular weight is 317 g/mol. The van der Waals surface area contributed by atoms with Crippen molar-refractivity contribution in [3.8, 4) is 0 Å². The number of amides is 2. The lowest BCUT2D eigenvalue weighted by Gasteiger charge is -2.36. The lowest BCUT2D eigenvalue weighted by molar-refractivity contribution is -0.150. The highest BCUT2D eigenvalue weighted by Crippen LogP contribution is 2.31. The zero-order valence-corrected chi connectivity index (χ0v) is 12.8. The summed E-state index contributed by atoms with van der Waals surface area (Å²) in [6, 6.07) is 3.53. The lowest BCUT2D eigenvalue weighted by atomic mass is 9.80. The van der Waals surface area contributed by atoms with Crippen molar-refractivity contribution in [1.82, 2.24) is 10.2 Å². The normalized spacial score (nSPS) is 17.8. The molecule has 0 spiro atoms. The van der Waals surface area contributed by atoms with Crippen LogP contribution in [0.4, 0.5) is 4.79 Å².